The van der Waals surface area contributed by atoms with Gasteiger partial charge in [-0.1, -0.05) is 13.3 Å². The Bertz CT molecular complexity index is 23.7. The van der Waals surface area contributed by atoms with Crippen molar-refractivity contribution in [3.8, 4) is 0 Å². The molecule has 0 atom stereocenters. The van der Waals surface area contributed by atoms with Crippen molar-refractivity contribution in [2.45, 2.75) is 19.8 Å². The third-order valence-electron chi connectivity index (χ3n) is 0.642. The van der Waals surface area contributed by atoms with Gasteiger partial charge < -0.3 is 5.21 Å². The molecule has 0 saturated heterocycles. The van der Waals surface area contributed by atoms with E-state index >= 15 is 0 Å². The zero-order chi connectivity index (χ0) is 4.83. The van der Waals surface area contributed by atoms with Gasteiger partial charge in [0.15, 0.2) is 0 Å². The van der Waals surface area contributed by atoms with Crippen LogP contribution in [0.4, 0.5) is 0 Å². The van der Waals surface area contributed by atoms with Gasteiger partial charge in [-0.25, -0.2) is 5.48 Å². The summed E-state index contributed by atoms with van der Waals surface area (Å²) in [5.74, 6) is 0. The number of hydrogen-bond acceptors (Lipinski definition) is 2. The maximum Gasteiger partial charge on any atom is 0.0207 e. The molecule has 0 aromatic carbocycles. The van der Waals surface area contributed by atoms with Crippen LogP contribution in [0.15, 0.2) is 0 Å². The molecule has 0 heterocycles. The number of nitrogens with one attached hydrogen (secondary N) is 1. The van der Waals surface area contributed by atoms with Crippen molar-refractivity contribution in [2.24, 2.45) is 0 Å². The summed E-state index contributed by atoms with van der Waals surface area (Å²) in [7, 11) is 0. The Kier molecular flexibility index (Phi) is 14.5. The minimum Gasteiger partial charge on any atom is -0.317 e. The average molecular weight is 140 g/mol. The normalized spacial score (nSPS) is 7.71. The van der Waals surface area contributed by atoms with Crippen molar-refractivity contribution < 1.29 is 23.8 Å². The number of rotatable bonds is 3. The third-order valence-corrected chi connectivity index (χ3v) is 0.642. The Morgan fingerprint density at radius 2 is 2.14 bits per heavy atom. The Balaban J connectivity index is 0. The van der Waals surface area contributed by atoms with Crippen molar-refractivity contribution in [3.63, 3.8) is 0 Å². The standard InChI is InChI=1S/C4H11NO.V/c1-2-3-4-5-6;/h5-6H,2-4H2,1H3;. The first-order valence-electron chi connectivity index (χ1n) is 2.28. The van der Waals surface area contributed by atoms with Crippen molar-refractivity contribution >= 4 is 0 Å². The van der Waals surface area contributed by atoms with E-state index in [9.17, 15) is 0 Å². The molecular formula is C4H11NOV. The summed E-state index contributed by atoms with van der Waals surface area (Å²) in [5, 5.41) is 7.95. The molecule has 0 unspecified atom stereocenters. The van der Waals surface area contributed by atoms with E-state index in [1.54, 1.807) is 0 Å². The van der Waals surface area contributed by atoms with Gasteiger partial charge in [-0.2, -0.15) is 0 Å². The van der Waals surface area contributed by atoms with E-state index in [4.69, 9.17) is 5.21 Å². The molecule has 0 aromatic rings. The van der Waals surface area contributed by atoms with Crippen molar-refractivity contribution in [1.82, 2.24) is 5.48 Å². The first kappa shape index (κ1) is 10.5. The van der Waals surface area contributed by atoms with Crippen LogP contribution in [0.25, 0.3) is 0 Å². The van der Waals surface area contributed by atoms with E-state index in [0.29, 0.717) is 0 Å². The maximum absolute atomic E-state index is 7.95. The van der Waals surface area contributed by atoms with Crippen LogP contribution < -0.4 is 5.48 Å². The number of unbranched alkanes of at least 4 members (excludes halogenated alkanes) is 1. The van der Waals surface area contributed by atoms with Gasteiger partial charge >= 0.3 is 0 Å². The molecule has 7 heavy (non-hydrogen) atoms. The summed E-state index contributed by atoms with van der Waals surface area (Å²) in [5.41, 5.74) is 2.07. The van der Waals surface area contributed by atoms with E-state index in [-0.39, 0.29) is 18.6 Å². The Hall–Kier alpha value is 0.504. The van der Waals surface area contributed by atoms with Crippen molar-refractivity contribution in [2.75, 3.05) is 6.54 Å². The van der Waals surface area contributed by atoms with Gasteiger partial charge in [0.2, 0.25) is 0 Å². The summed E-state index contributed by atoms with van der Waals surface area (Å²) >= 11 is 0. The predicted molar refractivity (Wildman–Crippen MR) is 24.7 cm³/mol. The summed E-state index contributed by atoms with van der Waals surface area (Å²) in [6.45, 7) is 2.80. The van der Waals surface area contributed by atoms with E-state index in [1.165, 1.54) is 0 Å². The van der Waals surface area contributed by atoms with Gasteiger partial charge in [0.25, 0.3) is 0 Å². The Morgan fingerprint density at radius 1 is 1.57 bits per heavy atom. The Morgan fingerprint density at radius 3 is 2.29 bits per heavy atom. The first-order valence-corrected chi connectivity index (χ1v) is 2.28. The molecule has 0 aromatic heterocycles. The fourth-order valence-corrected chi connectivity index (χ4v) is 0.256. The van der Waals surface area contributed by atoms with Crippen LogP contribution >= 0.6 is 0 Å². The average Bonchev–Trinajstić information content (AvgIpc) is 1.61. The second-order valence-corrected chi connectivity index (χ2v) is 1.26. The van der Waals surface area contributed by atoms with E-state index in [1.807, 2.05) is 0 Å². The smallest absolute Gasteiger partial charge is 0.0207 e. The minimum absolute atomic E-state index is 0. The van der Waals surface area contributed by atoms with Crippen LogP contribution in [0.5, 0.6) is 0 Å². The van der Waals surface area contributed by atoms with Gasteiger partial charge in [-0.15, -0.1) is 0 Å². The van der Waals surface area contributed by atoms with E-state index in [0.717, 1.165) is 19.4 Å². The Labute approximate surface area is 56.1 Å². The monoisotopic (exact) mass is 140 g/mol. The molecule has 0 bridgehead atoms. The molecule has 0 fully saturated rings. The zero-order valence-corrected chi connectivity index (χ0v) is 5.91. The third kappa shape index (κ3) is 10.7. The molecule has 2 nitrogen and oxygen atoms in total. The summed E-state index contributed by atoms with van der Waals surface area (Å²) in [6.07, 6.45) is 2.18. The molecule has 0 aliphatic carbocycles. The summed E-state index contributed by atoms with van der Waals surface area (Å²) in [4.78, 5) is 0. The molecular weight excluding hydrogens is 129 g/mol. The van der Waals surface area contributed by atoms with Crippen LogP contribution in [0.2, 0.25) is 0 Å². The van der Waals surface area contributed by atoms with Crippen LogP contribution in [0.1, 0.15) is 19.8 Å². The summed E-state index contributed by atoms with van der Waals surface area (Å²) in [6, 6.07) is 0. The van der Waals surface area contributed by atoms with E-state index in [2.05, 4.69) is 12.4 Å². The number of hydrogen-bond donors (Lipinski definition) is 2. The topological polar surface area (TPSA) is 32.3 Å². The van der Waals surface area contributed by atoms with Gasteiger partial charge in [0.05, 0.1) is 0 Å². The molecule has 3 heteroatoms. The van der Waals surface area contributed by atoms with Crippen LogP contribution in [0.3, 0.4) is 0 Å². The predicted octanol–water partition coefficient (Wildman–Crippen LogP) is 0.763. The zero-order valence-electron chi connectivity index (χ0n) is 4.52. The van der Waals surface area contributed by atoms with Crippen LogP contribution in [0, 0.1) is 0 Å². The largest absolute Gasteiger partial charge is 0.317 e. The molecule has 0 aliphatic heterocycles. The number of hydroxylamine groups is 1. The minimum atomic E-state index is 0. The fraction of sp³-hybridized carbons (Fsp3) is 1.00. The maximum atomic E-state index is 7.95. The second-order valence-electron chi connectivity index (χ2n) is 1.26. The molecule has 1 radical (unpaired) electrons. The van der Waals surface area contributed by atoms with E-state index < -0.39 is 0 Å². The second kappa shape index (κ2) is 9.71. The van der Waals surface area contributed by atoms with Gasteiger partial charge in [-0.05, 0) is 6.42 Å². The van der Waals surface area contributed by atoms with Crippen molar-refractivity contribution in [1.29, 1.82) is 0 Å². The first-order chi connectivity index (χ1) is 2.91. The molecule has 0 rings (SSSR count). The molecule has 0 saturated carbocycles. The van der Waals surface area contributed by atoms with Gasteiger partial charge in [0.1, 0.15) is 0 Å². The molecule has 43 valence electrons. The molecule has 0 spiro atoms. The van der Waals surface area contributed by atoms with Crippen LogP contribution in [-0.2, 0) is 18.6 Å². The molecule has 0 amide bonds. The molecule has 2 N–H and O–H groups in total. The van der Waals surface area contributed by atoms with Crippen LogP contribution in [-0.4, -0.2) is 11.8 Å². The molecule has 0 aliphatic rings. The quantitative estimate of drug-likeness (QED) is 0.448. The van der Waals surface area contributed by atoms with Crippen molar-refractivity contribution in [3.05, 3.63) is 0 Å². The van der Waals surface area contributed by atoms with Gasteiger partial charge in [0, 0.05) is 25.1 Å². The summed E-state index contributed by atoms with van der Waals surface area (Å²) < 4.78 is 0. The van der Waals surface area contributed by atoms with Gasteiger partial charge in [-0.3, -0.25) is 0 Å². The fourth-order valence-electron chi connectivity index (χ4n) is 0.256. The SMILES string of the molecule is CCCCNO.[V].